The number of amides is 1. The number of carbonyl (C=O) groups is 1. The van der Waals surface area contributed by atoms with Gasteiger partial charge in [0, 0.05) is 23.4 Å². The van der Waals surface area contributed by atoms with Gasteiger partial charge in [0.05, 0.1) is 0 Å². The number of nitrogens with one attached hydrogen (secondary N) is 1. The molecule has 1 amide bonds. The smallest absolute Gasteiger partial charge is 0.224 e. The molecule has 0 atom stereocenters. The molecule has 1 rings (SSSR count). The second-order valence-corrected chi connectivity index (χ2v) is 4.20. The molecule has 0 aliphatic heterocycles. The first-order valence-corrected chi connectivity index (χ1v) is 5.84. The van der Waals surface area contributed by atoms with Gasteiger partial charge in [-0.2, -0.15) is 0 Å². The predicted octanol–water partition coefficient (Wildman–Crippen LogP) is 2.90. The van der Waals surface area contributed by atoms with E-state index in [-0.39, 0.29) is 5.91 Å². The fourth-order valence-corrected chi connectivity index (χ4v) is 1.64. The molecular weight excluding hydrogens is 206 g/mol. The van der Waals surface area contributed by atoms with Gasteiger partial charge in [-0.1, -0.05) is 38.1 Å². The van der Waals surface area contributed by atoms with Gasteiger partial charge in [0.25, 0.3) is 0 Å². The quantitative estimate of drug-likeness (QED) is 0.573. The van der Waals surface area contributed by atoms with Crippen LogP contribution in [0.15, 0.2) is 23.9 Å². The summed E-state index contributed by atoms with van der Waals surface area (Å²) in [5.74, 6) is 0.0871. The third kappa shape index (κ3) is 4.88. The van der Waals surface area contributed by atoms with Crippen molar-refractivity contribution in [3.8, 4) is 0 Å². The van der Waals surface area contributed by atoms with Crippen LogP contribution < -0.4 is 5.32 Å². The Hall–Kier alpha value is -0.960. The summed E-state index contributed by atoms with van der Waals surface area (Å²) in [5.41, 5.74) is 0.827. The van der Waals surface area contributed by atoms with Crippen LogP contribution >= 0.6 is 12.2 Å². The highest BCUT2D eigenvalue weighted by Gasteiger charge is 2.05. The number of allylic oxidation sites excluding steroid dienone is 3. The highest BCUT2D eigenvalue weighted by atomic mass is 32.1. The summed E-state index contributed by atoms with van der Waals surface area (Å²) in [5, 5.41) is 2.86. The summed E-state index contributed by atoms with van der Waals surface area (Å²) in [4.78, 5) is 12.3. The number of carbonyl (C=O) groups excluding carboxylic acids is 1. The topological polar surface area (TPSA) is 29.1 Å². The highest BCUT2D eigenvalue weighted by molar-refractivity contribution is 7.80. The van der Waals surface area contributed by atoms with Crippen LogP contribution in [0.3, 0.4) is 0 Å². The van der Waals surface area contributed by atoms with Gasteiger partial charge in [-0.05, 0) is 18.6 Å². The van der Waals surface area contributed by atoms with Gasteiger partial charge in [-0.15, -0.1) is 0 Å². The van der Waals surface area contributed by atoms with E-state index in [0.717, 1.165) is 36.2 Å². The lowest BCUT2D eigenvalue weighted by Gasteiger charge is -2.09. The first kappa shape index (κ1) is 12.1. The molecule has 0 aromatic rings. The van der Waals surface area contributed by atoms with Crippen molar-refractivity contribution in [1.82, 2.24) is 5.32 Å². The Kier molecular flexibility index (Phi) is 5.26. The minimum absolute atomic E-state index is 0.0871. The van der Waals surface area contributed by atoms with E-state index in [1.165, 1.54) is 0 Å². The van der Waals surface area contributed by atoms with Gasteiger partial charge in [0.2, 0.25) is 5.91 Å². The van der Waals surface area contributed by atoms with Crippen molar-refractivity contribution in [1.29, 1.82) is 0 Å². The Morgan fingerprint density at radius 2 is 2.33 bits per heavy atom. The van der Waals surface area contributed by atoms with Gasteiger partial charge in [0.15, 0.2) is 0 Å². The Bertz CT molecular complexity index is 305. The number of hydrogen-bond donors (Lipinski definition) is 1. The third-order valence-corrected chi connectivity index (χ3v) is 2.51. The molecule has 1 aliphatic rings. The summed E-state index contributed by atoms with van der Waals surface area (Å²) in [6.07, 6.45) is 10.4. The molecule has 0 fully saturated rings. The van der Waals surface area contributed by atoms with Crippen molar-refractivity contribution in [3.05, 3.63) is 23.9 Å². The van der Waals surface area contributed by atoms with Crippen molar-refractivity contribution in [2.75, 3.05) is 0 Å². The number of thiocarbonyl (C=S) groups is 1. The number of rotatable bonds is 5. The van der Waals surface area contributed by atoms with Gasteiger partial charge in [-0.3, -0.25) is 4.79 Å². The molecule has 82 valence electrons. The van der Waals surface area contributed by atoms with Gasteiger partial charge in [-0.25, -0.2) is 0 Å². The maximum Gasteiger partial charge on any atom is 0.224 e. The average Bonchev–Trinajstić information content (AvgIpc) is 2.18. The molecule has 0 saturated carbocycles. The summed E-state index contributed by atoms with van der Waals surface area (Å²) in [7, 11) is 0. The summed E-state index contributed by atoms with van der Waals surface area (Å²) in [6.45, 7) is 2.13. The molecule has 0 heterocycles. The molecule has 0 aromatic heterocycles. The SMILES string of the molecule is CCCCCC(=O)NC1=CC(=S)CC=C1. The summed E-state index contributed by atoms with van der Waals surface area (Å²) in [6, 6.07) is 0. The molecule has 0 aromatic carbocycles. The molecule has 1 N–H and O–H groups in total. The second kappa shape index (κ2) is 6.51. The van der Waals surface area contributed by atoms with E-state index in [2.05, 4.69) is 12.2 Å². The van der Waals surface area contributed by atoms with Gasteiger partial charge < -0.3 is 5.32 Å². The van der Waals surface area contributed by atoms with E-state index in [1.807, 2.05) is 18.2 Å². The third-order valence-electron chi connectivity index (χ3n) is 2.22. The molecule has 0 bridgehead atoms. The van der Waals surface area contributed by atoms with Crippen LogP contribution in [0, 0.1) is 0 Å². The highest BCUT2D eigenvalue weighted by Crippen LogP contribution is 2.06. The van der Waals surface area contributed by atoms with E-state index >= 15 is 0 Å². The Balaban J connectivity index is 2.31. The summed E-state index contributed by atoms with van der Waals surface area (Å²) >= 11 is 5.06. The molecule has 1 aliphatic carbocycles. The van der Waals surface area contributed by atoms with E-state index in [4.69, 9.17) is 12.2 Å². The van der Waals surface area contributed by atoms with E-state index in [0.29, 0.717) is 6.42 Å². The van der Waals surface area contributed by atoms with Crippen LogP contribution in [0.5, 0.6) is 0 Å². The average molecular weight is 223 g/mol. The maximum atomic E-state index is 11.5. The Morgan fingerprint density at radius 3 is 3.00 bits per heavy atom. The lowest BCUT2D eigenvalue weighted by molar-refractivity contribution is -0.120. The fourth-order valence-electron chi connectivity index (χ4n) is 1.42. The standard InChI is InChI=1S/C12H17NOS/c1-2-3-4-8-12(14)13-10-6-5-7-11(15)9-10/h5-6,9H,2-4,7-8H2,1H3,(H,13,14). The molecule has 15 heavy (non-hydrogen) atoms. The number of unbranched alkanes of at least 4 members (excludes halogenated alkanes) is 2. The Morgan fingerprint density at radius 1 is 1.53 bits per heavy atom. The molecule has 0 spiro atoms. The molecule has 3 heteroatoms. The Labute approximate surface area is 96.4 Å². The minimum atomic E-state index is 0.0871. The van der Waals surface area contributed by atoms with E-state index in [9.17, 15) is 4.79 Å². The predicted molar refractivity (Wildman–Crippen MR) is 66.7 cm³/mol. The zero-order valence-electron chi connectivity index (χ0n) is 9.08. The molecule has 0 unspecified atom stereocenters. The first-order valence-electron chi connectivity index (χ1n) is 5.43. The van der Waals surface area contributed by atoms with Crippen LogP contribution in [0.1, 0.15) is 39.0 Å². The second-order valence-electron chi connectivity index (χ2n) is 3.68. The van der Waals surface area contributed by atoms with Crippen LogP contribution in [0.25, 0.3) is 0 Å². The molecule has 0 saturated heterocycles. The molecule has 2 nitrogen and oxygen atoms in total. The van der Waals surface area contributed by atoms with Gasteiger partial charge >= 0.3 is 0 Å². The lowest BCUT2D eigenvalue weighted by atomic mass is 10.1. The summed E-state index contributed by atoms with van der Waals surface area (Å²) < 4.78 is 0. The zero-order valence-corrected chi connectivity index (χ0v) is 9.90. The zero-order chi connectivity index (χ0) is 11.1. The van der Waals surface area contributed by atoms with Crippen molar-refractivity contribution >= 4 is 23.0 Å². The van der Waals surface area contributed by atoms with Crippen molar-refractivity contribution in [3.63, 3.8) is 0 Å². The van der Waals surface area contributed by atoms with Crippen molar-refractivity contribution in [2.45, 2.75) is 39.0 Å². The minimum Gasteiger partial charge on any atom is -0.326 e. The molecular formula is C12H17NOS. The van der Waals surface area contributed by atoms with E-state index < -0.39 is 0 Å². The first-order chi connectivity index (χ1) is 7.22. The largest absolute Gasteiger partial charge is 0.326 e. The van der Waals surface area contributed by atoms with Crippen molar-refractivity contribution in [2.24, 2.45) is 0 Å². The van der Waals surface area contributed by atoms with Crippen LogP contribution in [-0.4, -0.2) is 10.8 Å². The molecule has 0 radical (unpaired) electrons. The number of hydrogen-bond acceptors (Lipinski definition) is 2. The fraction of sp³-hybridized carbons (Fsp3) is 0.500. The van der Waals surface area contributed by atoms with Crippen LogP contribution in [0.4, 0.5) is 0 Å². The van der Waals surface area contributed by atoms with Crippen molar-refractivity contribution < 1.29 is 4.79 Å². The van der Waals surface area contributed by atoms with E-state index in [1.54, 1.807) is 0 Å². The normalized spacial score (nSPS) is 15.0. The maximum absolute atomic E-state index is 11.5. The van der Waals surface area contributed by atoms with Gasteiger partial charge in [0.1, 0.15) is 0 Å². The van der Waals surface area contributed by atoms with Crippen LogP contribution in [-0.2, 0) is 4.79 Å². The lowest BCUT2D eigenvalue weighted by Crippen LogP contribution is -2.22. The van der Waals surface area contributed by atoms with Crippen LogP contribution in [0.2, 0.25) is 0 Å². The monoisotopic (exact) mass is 223 g/mol.